The first kappa shape index (κ1) is 37.5. The van der Waals surface area contributed by atoms with Gasteiger partial charge in [0.05, 0.1) is 24.9 Å². The molecule has 3 heterocycles. The number of ether oxygens (including phenoxy) is 2. The highest BCUT2D eigenvalue weighted by atomic mass is 32.2. The van der Waals surface area contributed by atoms with Crippen molar-refractivity contribution < 1.29 is 46.3 Å². The number of nitrogens with zero attached hydrogens (tertiary/aromatic N) is 2. The van der Waals surface area contributed by atoms with Gasteiger partial charge in [-0.05, 0) is 55.6 Å². The second-order valence-electron chi connectivity index (χ2n) is 15.8. The van der Waals surface area contributed by atoms with Crippen molar-refractivity contribution in [3.05, 3.63) is 47.3 Å². The molecule has 0 unspecified atom stereocenters. The highest BCUT2D eigenvalue weighted by Gasteiger charge is 2.62. The van der Waals surface area contributed by atoms with Crippen LogP contribution in [0, 0.1) is 17.2 Å². The van der Waals surface area contributed by atoms with Crippen molar-refractivity contribution in [1.82, 2.24) is 25.2 Å². The molecule has 3 N–H and O–H groups in total. The number of hydrogen-bond acceptors (Lipinski definition) is 9. The van der Waals surface area contributed by atoms with Gasteiger partial charge in [0.2, 0.25) is 21.8 Å². The monoisotopic (exact) mass is 745 g/mol. The normalized spacial score (nSPS) is 28.6. The van der Waals surface area contributed by atoms with E-state index < -0.39 is 80.6 Å². The van der Waals surface area contributed by atoms with Gasteiger partial charge in [0.1, 0.15) is 29.5 Å². The van der Waals surface area contributed by atoms with Crippen LogP contribution in [0.25, 0.3) is 0 Å². The number of carbonyl (C=O) groups is 5. The number of carbonyl (C=O) groups excluding carboxylic acids is 5. The average Bonchev–Trinajstić information content (AvgIpc) is 3.96. The van der Waals surface area contributed by atoms with Gasteiger partial charge in [0, 0.05) is 24.4 Å². The molecule has 3 fully saturated rings. The Morgan fingerprint density at radius 3 is 2.56 bits per heavy atom. The Hall–Kier alpha value is -4.21. The van der Waals surface area contributed by atoms with Gasteiger partial charge in [-0.2, -0.15) is 0 Å². The smallest absolute Gasteiger partial charge is 0.410 e. The molecule has 16 heteroatoms. The number of benzene rings is 1. The maximum Gasteiger partial charge on any atom is 0.410 e. The van der Waals surface area contributed by atoms with Gasteiger partial charge >= 0.3 is 12.2 Å². The first-order valence-corrected chi connectivity index (χ1v) is 19.6. The van der Waals surface area contributed by atoms with Gasteiger partial charge in [0.25, 0.3) is 5.91 Å². The second kappa shape index (κ2) is 14.7. The molecule has 5 amide bonds. The van der Waals surface area contributed by atoms with Crippen LogP contribution in [0.15, 0.2) is 30.4 Å². The van der Waals surface area contributed by atoms with Crippen LogP contribution in [0.3, 0.4) is 0 Å². The molecule has 0 bridgehead atoms. The Balaban J connectivity index is 1.24. The van der Waals surface area contributed by atoms with Crippen LogP contribution in [-0.2, 0) is 47.0 Å². The zero-order valence-corrected chi connectivity index (χ0v) is 30.6. The summed E-state index contributed by atoms with van der Waals surface area (Å²) in [5.41, 5.74) is -0.840. The minimum absolute atomic E-state index is 0.000899. The van der Waals surface area contributed by atoms with Crippen LogP contribution >= 0.6 is 0 Å². The lowest BCUT2D eigenvalue weighted by atomic mass is 9.99. The molecule has 1 aromatic rings. The van der Waals surface area contributed by atoms with Gasteiger partial charge < -0.3 is 25.0 Å². The third-order valence-electron chi connectivity index (χ3n) is 10.2. The van der Waals surface area contributed by atoms with E-state index in [2.05, 4.69) is 15.4 Å². The van der Waals surface area contributed by atoms with Crippen LogP contribution in [0.2, 0.25) is 0 Å². The Morgan fingerprint density at radius 1 is 1.08 bits per heavy atom. The second-order valence-corrected chi connectivity index (χ2v) is 17.8. The fraction of sp³-hybridized carbons (Fsp3) is 0.639. The first-order chi connectivity index (χ1) is 24.6. The number of nitrogens with one attached hydrogen (secondary N) is 3. The first-order valence-electron chi connectivity index (χ1n) is 18.1. The lowest BCUT2D eigenvalue weighted by Crippen LogP contribution is -2.58. The molecular weight excluding hydrogens is 697 g/mol. The van der Waals surface area contributed by atoms with Crippen molar-refractivity contribution in [3.63, 3.8) is 0 Å². The SMILES string of the molecule is CC(C)(C)COC(=O)N[C@H]1CCCCC/C=C\[C@H]2C[C@@]2(C(=O)NS(=O)(=O)C2CC2)NC(=O)[C@@H]2C[C@@H](OC(=O)N3Cc4cccc(F)c4C3)CN2C1=O. The number of hydrogen-bond donors (Lipinski definition) is 3. The van der Waals surface area contributed by atoms with Gasteiger partial charge in [-0.15, -0.1) is 0 Å². The molecule has 1 aromatic carbocycles. The predicted octanol–water partition coefficient (Wildman–Crippen LogP) is 3.39. The van der Waals surface area contributed by atoms with E-state index in [9.17, 15) is 36.8 Å². The van der Waals surface area contributed by atoms with Crippen molar-refractivity contribution in [2.75, 3.05) is 13.2 Å². The number of sulfonamides is 1. The standard InChI is InChI=1S/C36H48FN5O9S/c1-35(2,3)21-50-33(46)38-28-13-8-6-4-5-7-11-23-17-36(23,32(45)40-52(48,49)25-14-15-25)39-30(43)29-16-24(19-42(29)31(28)44)51-34(47)41-18-22-10-9-12-27(37)26(22)20-41/h7,9-12,23-25,28-29H,4-6,8,13-21H2,1-3H3,(H,38,46)(H,39,43)(H,40,45)/b11-7-/t23-,24+,28-,29-,36+/m0/s1. The fourth-order valence-electron chi connectivity index (χ4n) is 7.04. The van der Waals surface area contributed by atoms with Crippen LogP contribution in [0.4, 0.5) is 14.0 Å². The molecule has 2 saturated carbocycles. The van der Waals surface area contributed by atoms with E-state index in [1.165, 1.54) is 15.9 Å². The summed E-state index contributed by atoms with van der Waals surface area (Å²) >= 11 is 0. The molecular formula is C36H48FN5O9S. The Kier molecular flexibility index (Phi) is 10.6. The van der Waals surface area contributed by atoms with Gasteiger partial charge in [-0.1, -0.05) is 57.9 Å². The van der Waals surface area contributed by atoms with Gasteiger partial charge in [0.15, 0.2) is 0 Å². The summed E-state index contributed by atoms with van der Waals surface area (Å²) in [4.78, 5) is 70.9. The van der Waals surface area contributed by atoms with E-state index in [4.69, 9.17) is 9.47 Å². The molecule has 6 rings (SSSR count). The summed E-state index contributed by atoms with van der Waals surface area (Å²) in [5.74, 6) is -3.05. The number of allylic oxidation sites excluding steroid dienone is 1. The molecule has 0 radical (unpaired) electrons. The number of amides is 5. The van der Waals surface area contributed by atoms with E-state index in [0.29, 0.717) is 36.8 Å². The molecule has 5 aliphatic rings. The number of alkyl carbamates (subject to hydrolysis) is 1. The molecule has 1 saturated heterocycles. The lowest BCUT2D eigenvalue weighted by Gasteiger charge is -2.30. The summed E-state index contributed by atoms with van der Waals surface area (Å²) in [7, 11) is -3.92. The minimum atomic E-state index is -3.92. The Bertz CT molecular complexity index is 1740. The molecule has 14 nitrogen and oxygen atoms in total. The van der Waals surface area contributed by atoms with Crippen LogP contribution in [-0.4, -0.2) is 90.3 Å². The van der Waals surface area contributed by atoms with Crippen molar-refractivity contribution in [1.29, 1.82) is 0 Å². The third-order valence-corrected chi connectivity index (χ3v) is 12.0. The fourth-order valence-corrected chi connectivity index (χ4v) is 8.40. The van der Waals surface area contributed by atoms with E-state index in [0.717, 1.165) is 12.8 Å². The van der Waals surface area contributed by atoms with Crippen LogP contribution in [0.5, 0.6) is 0 Å². The van der Waals surface area contributed by atoms with Crippen molar-refractivity contribution in [3.8, 4) is 0 Å². The topological polar surface area (TPSA) is 181 Å². The van der Waals surface area contributed by atoms with E-state index in [-0.39, 0.29) is 50.9 Å². The molecule has 52 heavy (non-hydrogen) atoms. The van der Waals surface area contributed by atoms with Crippen molar-refractivity contribution >= 4 is 39.9 Å². The largest absolute Gasteiger partial charge is 0.449 e. The zero-order valence-electron chi connectivity index (χ0n) is 29.8. The number of rotatable bonds is 6. The summed E-state index contributed by atoms with van der Waals surface area (Å²) < 4.78 is 53.3. The minimum Gasteiger partial charge on any atom is -0.449 e. The maximum atomic E-state index is 14.4. The van der Waals surface area contributed by atoms with Crippen molar-refractivity contribution in [2.24, 2.45) is 11.3 Å². The summed E-state index contributed by atoms with van der Waals surface area (Å²) in [5, 5.41) is 4.81. The van der Waals surface area contributed by atoms with Gasteiger partial charge in [-0.3, -0.25) is 24.0 Å². The summed E-state index contributed by atoms with van der Waals surface area (Å²) in [6.45, 7) is 5.73. The molecule has 284 valence electrons. The predicted molar refractivity (Wildman–Crippen MR) is 185 cm³/mol. The maximum absolute atomic E-state index is 14.4. The van der Waals surface area contributed by atoms with E-state index in [1.54, 1.807) is 12.1 Å². The Morgan fingerprint density at radius 2 is 1.85 bits per heavy atom. The number of halogens is 1. The molecule has 3 aliphatic heterocycles. The zero-order chi connectivity index (χ0) is 37.4. The summed E-state index contributed by atoms with van der Waals surface area (Å²) in [6, 6.07) is 2.31. The molecule has 5 atom stereocenters. The van der Waals surface area contributed by atoms with E-state index in [1.807, 2.05) is 32.9 Å². The van der Waals surface area contributed by atoms with E-state index >= 15 is 0 Å². The quantitative estimate of drug-likeness (QED) is 0.368. The summed E-state index contributed by atoms with van der Waals surface area (Å²) in [6.07, 6.45) is 5.15. The van der Waals surface area contributed by atoms with Crippen LogP contribution < -0.4 is 15.4 Å². The van der Waals surface area contributed by atoms with Gasteiger partial charge in [-0.25, -0.2) is 22.4 Å². The number of fused-ring (bicyclic) bond motifs is 3. The van der Waals surface area contributed by atoms with Crippen LogP contribution in [0.1, 0.15) is 89.7 Å². The molecule has 0 aromatic heterocycles. The third kappa shape index (κ3) is 8.53. The molecule has 0 spiro atoms. The lowest BCUT2D eigenvalue weighted by molar-refractivity contribution is -0.141. The Labute approximate surface area is 303 Å². The van der Waals surface area contributed by atoms with Crippen molar-refractivity contribution in [2.45, 2.75) is 121 Å². The highest BCUT2D eigenvalue weighted by Crippen LogP contribution is 2.46. The highest BCUT2D eigenvalue weighted by molar-refractivity contribution is 7.91. The average molecular weight is 746 g/mol. The molecule has 2 aliphatic carbocycles.